The number of rotatable bonds is 5. The number of likely N-dealkylation sites (N-methyl/N-ethyl adjacent to an activating group) is 1. The van der Waals surface area contributed by atoms with Gasteiger partial charge in [-0.1, -0.05) is 6.07 Å². The number of aryl methyl sites for hydroxylation is 1. The molecule has 27 heavy (non-hydrogen) atoms. The van der Waals surface area contributed by atoms with Crippen LogP contribution < -0.4 is 4.74 Å². The largest absolute Gasteiger partial charge is 0.496 e. The molecule has 0 aliphatic carbocycles. The summed E-state index contributed by atoms with van der Waals surface area (Å²) in [6.07, 6.45) is 3.66. The van der Waals surface area contributed by atoms with Crippen LogP contribution in [0.2, 0.25) is 0 Å². The molecule has 0 saturated carbocycles. The van der Waals surface area contributed by atoms with Crippen molar-refractivity contribution < 1.29 is 14.3 Å². The Morgan fingerprint density at radius 1 is 1.41 bits per heavy atom. The van der Waals surface area contributed by atoms with E-state index in [1.807, 2.05) is 63.6 Å². The summed E-state index contributed by atoms with van der Waals surface area (Å²) >= 11 is 0. The number of ether oxygens (including phenoxy) is 2. The molecule has 0 spiro atoms. The van der Waals surface area contributed by atoms with Gasteiger partial charge in [-0.3, -0.25) is 9.48 Å². The van der Waals surface area contributed by atoms with Crippen LogP contribution in [0, 0.1) is 6.92 Å². The standard InChI is InChI=1S/C20H28N4O3/c1-14-16(7-6-8-17(14)26-5)20(25)24-9-10-27-18(13-22(2)3)19(24)15-11-21-23(4)12-15/h6-8,11-12,18-19H,9-10,13H2,1-5H3/t18-,19-/m0/s1. The summed E-state index contributed by atoms with van der Waals surface area (Å²) in [5, 5.41) is 4.31. The van der Waals surface area contributed by atoms with E-state index >= 15 is 0 Å². The topological polar surface area (TPSA) is 59.8 Å². The van der Waals surface area contributed by atoms with Gasteiger partial charge in [-0.25, -0.2) is 0 Å². The molecule has 2 heterocycles. The first-order chi connectivity index (χ1) is 12.9. The Bertz CT molecular complexity index is 802. The number of amides is 1. The Kier molecular flexibility index (Phi) is 5.82. The Balaban J connectivity index is 1.99. The van der Waals surface area contributed by atoms with Crippen LogP contribution in [0.3, 0.4) is 0 Å². The molecule has 1 aliphatic rings. The van der Waals surface area contributed by atoms with Crippen molar-refractivity contribution in [2.45, 2.75) is 19.1 Å². The molecule has 7 nitrogen and oxygen atoms in total. The van der Waals surface area contributed by atoms with Crippen molar-refractivity contribution in [2.75, 3.05) is 40.9 Å². The van der Waals surface area contributed by atoms with Crippen molar-refractivity contribution >= 4 is 5.91 Å². The van der Waals surface area contributed by atoms with Gasteiger partial charge in [0.1, 0.15) is 5.75 Å². The number of nitrogens with zero attached hydrogens (tertiary/aromatic N) is 4. The number of carbonyl (C=O) groups is 1. The summed E-state index contributed by atoms with van der Waals surface area (Å²) < 4.78 is 13.2. The zero-order chi connectivity index (χ0) is 19.6. The first kappa shape index (κ1) is 19.4. The van der Waals surface area contributed by atoms with Gasteiger partial charge in [0.05, 0.1) is 32.1 Å². The molecular weight excluding hydrogens is 344 g/mol. The monoisotopic (exact) mass is 372 g/mol. The third kappa shape index (κ3) is 3.99. The van der Waals surface area contributed by atoms with Gasteiger partial charge in [-0.15, -0.1) is 0 Å². The minimum Gasteiger partial charge on any atom is -0.496 e. The normalized spacial score (nSPS) is 20.1. The van der Waals surface area contributed by atoms with Gasteiger partial charge >= 0.3 is 0 Å². The molecule has 146 valence electrons. The average Bonchev–Trinajstić information content (AvgIpc) is 3.06. The first-order valence-electron chi connectivity index (χ1n) is 9.11. The first-order valence-corrected chi connectivity index (χ1v) is 9.11. The van der Waals surface area contributed by atoms with Gasteiger partial charge in [0, 0.05) is 43.0 Å². The van der Waals surface area contributed by atoms with E-state index in [9.17, 15) is 4.79 Å². The number of morpholine rings is 1. The smallest absolute Gasteiger partial charge is 0.254 e. The van der Waals surface area contributed by atoms with Crippen LogP contribution in [0.4, 0.5) is 0 Å². The number of hydrogen-bond acceptors (Lipinski definition) is 5. The number of benzene rings is 1. The molecule has 2 atom stereocenters. The number of hydrogen-bond donors (Lipinski definition) is 0. The van der Waals surface area contributed by atoms with Crippen LogP contribution in [0.15, 0.2) is 30.6 Å². The third-order valence-electron chi connectivity index (χ3n) is 4.96. The van der Waals surface area contributed by atoms with E-state index in [0.717, 1.165) is 23.4 Å². The van der Waals surface area contributed by atoms with Crippen molar-refractivity contribution in [1.29, 1.82) is 0 Å². The second-order valence-electron chi connectivity index (χ2n) is 7.20. The Morgan fingerprint density at radius 2 is 2.19 bits per heavy atom. The Morgan fingerprint density at radius 3 is 2.81 bits per heavy atom. The molecule has 0 radical (unpaired) electrons. The summed E-state index contributed by atoms with van der Waals surface area (Å²) in [4.78, 5) is 17.5. The van der Waals surface area contributed by atoms with E-state index in [1.54, 1.807) is 11.8 Å². The second-order valence-corrected chi connectivity index (χ2v) is 7.20. The zero-order valence-corrected chi connectivity index (χ0v) is 16.7. The molecule has 1 amide bonds. The third-order valence-corrected chi connectivity index (χ3v) is 4.96. The van der Waals surface area contributed by atoms with Gasteiger partial charge in [0.15, 0.2) is 0 Å². The molecule has 1 aliphatic heterocycles. The van der Waals surface area contributed by atoms with Crippen molar-refractivity contribution in [3.8, 4) is 5.75 Å². The molecule has 0 unspecified atom stereocenters. The highest BCUT2D eigenvalue weighted by Crippen LogP contribution is 2.32. The molecule has 2 aromatic rings. The summed E-state index contributed by atoms with van der Waals surface area (Å²) in [6, 6.07) is 5.40. The Hall–Kier alpha value is -2.38. The molecule has 1 saturated heterocycles. The summed E-state index contributed by atoms with van der Waals surface area (Å²) in [7, 11) is 7.52. The maximum absolute atomic E-state index is 13.5. The fourth-order valence-corrected chi connectivity index (χ4v) is 3.68. The van der Waals surface area contributed by atoms with Crippen molar-refractivity contribution in [3.63, 3.8) is 0 Å². The highest BCUT2D eigenvalue weighted by molar-refractivity contribution is 5.96. The van der Waals surface area contributed by atoms with E-state index in [2.05, 4.69) is 10.00 Å². The lowest BCUT2D eigenvalue weighted by Crippen LogP contribution is -2.51. The van der Waals surface area contributed by atoms with Crippen LogP contribution in [0.1, 0.15) is 27.5 Å². The molecule has 0 bridgehead atoms. The highest BCUT2D eigenvalue weighted by atomic mass is 16.5. The summed E-state index contributed by atoms with van der Waals surface area (Å²) in [5.41, 5.74) is 2.50. The van der Waals surface area contributed by atoms with Gasteiger partial charge in [-0.2, -0.15) is 5.10 Å². The molecule has 1 aromatic carbocycles. The maximum atomic E-state index is 13.5. The van der Waals surface area contributed by atoms with Crippen molar-refractivity contribution in [3.05, 3.63) is 47.3 Å². The van der Waals surface area contributed by atoms with E-state index in [1.165, 1.54) is 0 Å². The van der Waals surface area contributed by atoms with Crippen molar-refractivity contribution in [2.24, 2.45) is 7.05 Å². The molecule has 1 fully saturated rings. The van der Waals surface area contributed by atoms with Crippen LogP contribution >= 0.6 is 0 Å². The van der Waals surface area contributed by atoms with E-state index in [4.69, 9.17) is 9.47 Å². The zero-order valence-electron chi connectivity index (χ0n) is 16.7. The van der Waals surface area contributed by atoms with Gasteiger partial charge in [0.25, 0.3) is 5.91 Å². The number of methoxy groups -OCH3 is 1. The quantitative estimate of drug-likeness (QED) is 0.802. The lowest BCUT2D eigenvalue weighted by atomic mass is 9.98. The lowest BCUT2D eigenvalue weighted by Gasteiger charge is -2.42. The fraction of sp³-hybridized carbons (Fsp3) is 0.500. The van der Waals surface area contributed by atoms with Gasteiger partial charge in [0.2, 0.25) is 0 Å². The Labute approximate surface area is 160 Å². The lowest BCUT2D eigenvalue weighted by molar-refractivity contribution is -0.0685. The SMILES string of the molecule is COc1cccc(C(=O)N2CCO[C@@H](CN(C)C)[C@@H]2c2cnn(C)c2)c1C. The maximum Gasteiger partial charge on any atom is 0.254 e. The summed E-state index contributed by atoms with van der Waals surface area (Å²) in [5.74, 6) is 0.712. The predicted molar refractivity (Wildman–Crippen MR) is 103 cm³/mol. The molecular formula is C20H28N4O3. The fourth-order valence-electron chi connectivity index (χ4n) is 3.68. The summed E-state index contributed by atoms with van der Waals surface area (Å²) in [6.45, 7) is 3.70. The van der Waals surface area contributed by atoms with Crippen molar-refractivity contribution in [1.82, 2.24) is 19.6 Å². The van der Waals surface area contributed by atoms with E-state index in [-0.39, 0.29) is 18.1 Å². The van der Waals surface area contributed by atoms with Gasteiger partial charge in [-0.05, 0) is 33.2 Å². The van der Waals surface area contributed by atoms with Crippen LogP contribution in [-0.2, 0) is 11.8 Å². The highest BCUT2D eigenvalue weighted by Gasteiger charge is 2.38. The average molecular weight is 372 g/mol. The number of carbonyl (C=O) groups excluding carboxylic acids is 1. The van der Waals surface area contributed by atoms with Crippen LogP contribution in [0.5, 0.6) is 5.75 Å². The minimum absolute atomic E-state index is 0.00712. The molecule has 7 heteroatoms. The van der Waals surface area contributed by atoms with E-state index in [0.29, 0.717) is 18.7 Å². The molecule has 1 aromatic heterocycles. The molecule has 0 N–H and O–H groups in total. The van der Waals surface area contributed by atoms with Crippen LogP contribution in [0.25, 0.3) is 0 Å². The van der Waals surface area contributed by atoms with E-state index < -0.39 is 0 Å². The minimum atomic E-state index is -0.187. The van der Waals surface area contributed by atoms with Crippen LogP contribution in [-0.4, -0.2) is 72.5 Å². The van der Waals surface area contributed by atoms with Gasteiger partial charge < -0.3 is 19.3 Å². The molecule has 3 rings (SSSR count). The predicted octanol–water partition coefficient (Wildman–Crippen LogP) is 1.88. The number of aromatic nitrogens is 2. The second kappa shape index (κ2) is 8.10.